The quantitative estimate of drug-likeness (QED) is 0.555. The second-order valence-corrected chi connectivity index (χ2v) is 7.72. The smallest absolute Gasteiger partial charge is 0.412 e. The number of hydrogen-bond acceptors (Lipinski definition) is 4. The van der Waals surface area contributed by atoms with E-state index in [1.54, 1.807) is 57.2 Å². The summed E-state index contributed by atoms with van der Waals surface area (Å²) in [4.78, 5) is 24.6. The lowest BCUT2D eigenvalue weighted by atomic mass is 10.0. The van der Waals surface area contributed by atoms with E-state index in [9.17, 15) is 9.59 Å². The second kappa shape index (κ2) is 6.96. The van der Waals surface area contributed by atoms with Crippen molar-refractivity contribution in [3.63, 3.8) is 0 Å². The SMILES string of the molecule is CC(C)(C)OC(=O)Nc1ccccc1-c1cc2ccc(Br)cc2oc1=O. The zero-order valence-corrected chi connectivity index (χ0v) is 16.2. The number of anilines is 1. The third kappa shape index (κ3) is 4.14. The van der Waals surface area contributed by atoms with Gasteiger partial charge in [-0.15, -0.1) is 0 Å². The van der Waals surface area contributed by atoms with Crippen molar-refractivity contribution < 1.29 is 13.9 Å². The summed E-state index contributed by atoms with van der Waals surface area (Å²) in [6, 6.07) is 14.3. The Bertz CT molecular complexity index is 1030. The number of carbonyl (C=O) groups excluding carboxylic acids is 1. The average Bonchev–Trinajstić information content (AvgIpc) is 2.53. The van der Waals surface area contributed by atoms with Gasteiger partial charge in [0.1, 0.15) is 11.2 Å². The maximum absolute atomic E-state index is 12.5. The van der Waals surface area contributed by atoms with Crippen molar-refractivity contribution in [1.82, 2.24) is 0 Å². The number of ether oxygens (including phenoxy) is 1. The van der Waals surface area contributed by atoms with Gasteiger partial charge in [-0.05, 0) is 45.0 Å². The highest BCUT2D eigenvalue weighted by molar-refractivity contribution is 9.10. The van der Waals surface area contributed by atoms with Gasteiger partial charge >= 0.3 is 11.7 Å². The summed E-state index contributed by atoms with van der Waals surface area (Å²) in [5.41, 5.74) is 0.808. The number of amides is 1. The van der Waals surface area contributed by atoms with Crippen LogP contribution in [-0.2, 0) is 4.74 Å². The molecule has 0 spiro atoms. The van der Waals surface area contributed by atoms with Crippen molar-refractivity contribution in [3.8, 4) is 11.1 Å². The minimum atomic E-state index is -0.617. The molecule has 1 amide bonds. The predicted molar refractivity (Wildman–Crippen MR) is 105 cm³/mol. The van der Waals surface area contributed by atoms with Crippen LogP contribution in [-0.4, -0.2) is 11.7 Å². The van der Waals surface area contributed by atoms with Crippen molar-refractivity contribution in [2.75, 3.05) is 5.32 Å². The van der Waals surface area contributed by atoms with Gasteiger partial charge in [-0.3, -0.25) is 5.32 Å². The molecule has 3 aromatic rings. The highest BCUT2D eigenvalue weighted by Crippen LogP contribution is 2.29. The zero-order chi connectivity index (χ0) is 18.9. The van der Waals surface area contributed by atoms with Crippen LogP contribution in [0.4, 0.5) is 10.5 Å². The van der Waals surface area contributed by atoms with E-state index in [4.69, 9.17) is 9.15 Å². The molecule has 0 aliphatic rings. The molecule has 0 radical (unpaired) electrons. The molecule has 26 heavy (non-hydrogen) atoms. The number of hydrogen-bond donors (Lipinski definition) is 1. The maximum atomic E-state index is 12.5. The molecule has 0 atom stereocenters. The Labute approximate surface area is 159 Å². The molecule has 0 fully saturated rings. The summed E-state index contributed by atoms with van der Waals surface area (Å²) in [6.45, 7) is 5.36. The van der Waals surface area contributed by atoms with Crippen LogP contribution in [0.2, 0.25) is 0 Å². The number of halogens is 1. The van der Waals surface area contributed by atoms with Gasteiger partial charge in [0.05, 0.1) is 11.3 Å². The highest BCUT2D eigenvalue weighted by atomic mass is 79.9. The molecule has 6 heteroatoms. The van der Waals surface area contributed by atoms with Crippen molar-refractivity contribution in [2.45, 2.75) is 26.4 Å². The van der Waals surface area contributed by atoms with E-state index in [2.05, 4.69) is 21.2 Å². The van der Waals surface area contributed by atoms with Crippen LogP contribution in [0, 0.1) is 0 Å². The minimum absolute atomic E-state index is 0.367. The first kappa shape index (κ1) is 18.2. The molecule has 0 saturated heterocycles. The van der Waals surface area contributed by atoms with E-state index in [0.717, 1.165) is 9.86 Å². The van der Waals surface area contributed by atoms with Crippen LogP contribution in [0.5, 0.6) is 0 Å². The summed E-state index contributed by atoms with van der Waals surface area (Å²) in [5, 5.41) is 3.49. The number of nitrogens with one attached hydrogen (secondary N) is 1. The van der Waals surface area contributed by atoms with Crippen LogP contribution in [0.1, 0.15) is 20.8 Å². The molecule has 1 heterocycles. The lowest BCUT2D eigenvalue weighted by Gasteiger charge is -2.20. The summed E-state index contributed by atoms with van der Waals surface area (Å²) in [7, 11) is 0. The van der Waals surface area contributed by atoms with E-state index in [-0.39, 0.29) is 0 Å². The van der Waals surface area contributed by atoms with Crippen molar-refractivity contribution in [1.29, 1.82) is 0 Å². The number of para-hydroxylation sites is 1. The Balaban J connectivity index is 2.04. The lowest BCUT2D eigenvalue weighted by molar-refractivity contribution is 0.0636. The van der Waals surface area contributed by atoms with Crippen LogP contribution >= 0.6 is 15.9 Å². The molecule has 0 aliphatic carbocycles. The van der Waals surface area contributed by atoms with Gasteiger partial charge in [0, 0.05) is 15.4 Å². The van der Waals surface area contributed by atoms with Gasteiger partial charge in [0.25, 0.3) is 0 Å². The monoisotopic (exact) mass is 415 g/mol. The van der Waals surface area contributed by atoms with Crippen LogP contribution < -0.4 is 10.9 Å². The van der Waals surface area contributed by atoms with E-state index in [1.165, 1.54) is 0 Å². The third-order valence-electron chi connectivity index (χ3n) is 3.55. The maximum Gasteiger partial charge on any atom is 0.412 e. The highest BCUT2D eigenvalue weighted by Gasteiger charge is 2.18. The third-order valence-corrected chi connectivity index (χ3v) is 4.04. The second-order valence-electron chi connectivity index (χ2n) is 6.80. The van der Waals surface area contributed by atoms with Crippen LogP contribution in [0.3, 0.4) is 0 Å². The Morgan fingerprint density at radius 2 is 1.81 bits per heavy atom. The fraction of sp³-hybridized carbons (Fsp3) is 0.200. The number of rotatable bonds is 2. The molecule has 2 aromatic carbocycles. The molecule has 0 unspecified atom stereocenters. The zero-order valence-electron chi connectivity index (χ0n) is 14.6. The standard InChI is InChI=1S/C20H18BrNO4/c1-20(2,3)26-19(24)22-16-7-5-4-6-14(16)15-10-12-8-9-13(21)11-17(12)25-18(15)23/h4-11H,1-3H3,(H,22,24). The van der Waals surface area contributed by atoms with Gasteiger partial charge in [-0.2, -0.15) is 0 Å². The lowest BCUT2D eigenvalue weighted by Crippen LogP contribution is -2.27. The average molecular weight is 416 g/mol. The first-order valence-corrected chi connectivity index (χ1v) is 8.85. The molecule has 0 aliphatic heterocycles. The molecule has 0 saturated carbocycles. The van der Waals surface area contributed by atoms with Gasteiger partial charge in [0.15, 0.2) is 0 Å². The van der Waals surface area contributed by atoms with Crippen LogP contribution in [0.25, 0.3) is 22.1 Å². The van der Waals surface area contributed by atoms with E-state index >= 15 is 0 Å². The van der Waals surface area contributed by atoms with Gasteiger partial charge in [-0.25, -0.2) is 9.59 Å². The molecular weight excluding hydrogens is 398 g/mol. The van der Waals surface area contributed by atoms with Crippen molar-refractivity contribution in [2.24, 2.45) is 0 Å². The van der Waals surface area contributed by atoms with E-state index < -0.39 is 17.3 Å². The normalized spacial score (nSPS) is 11.4. The summed E-state index contributed by atoms with van der Waals surface area (Å²) >= 11 is 3.36. The van der Waals surface area contributed by atoms with Gasteiger partial charge < -0.3 is 9.15 Å². The first-order valence-electron chi connectivity index (χ1n) is 8.06. The molecule has 3 rings (SSSR count). The molecular formula is C20H18BrNO4. The summed E-state index contributed by atoms with van der Waals surface area (Å²) in [6.07, 6.45) is -0.584. The largest absolute Gasteiger partial charge is 0.444 e. The number of benzene rings is 2. The van der Waals surface area contributed by atoms with Gasteiger partial charge in [0.2, 0.25) is 0 Å². The fourth-order valence-corrected chi connectivity index (χ4v) is 2.85. The Morgan fingerprint density at radius 1 is 1.08 bits per heavy atom. The van der Waals surface area contributed by atoms with E-state index in [1.807, 2.05) is 12.1 Å². The van der Waals surface area contributed by atoms with Gasteiger partial charge in [-0.1, -0.05) is 40.2 Å². The molecule has 5 nitrogen and oxygen atoms in total. The van der Waals surface area contributed by atoms with Crippen molar-refractivity contribution >= 4 is 38.7 Å². The predicted octanol–water partition coefficient (Wildman–Crippen LogP) is 5.57. The summed E-state index contributed by atoms with van der Waals surface area (Å²) in [5.74, 6) is 0. The summed E-state index contributed by atoms with van der Waals surface area (Å²) < 4.78 is 11.6. The van der Waals surface area contributed by atoms with Crippen molar-refractivity contribution in [3.05, 3.63) is 63.4 Å². The number of fused-ring (bicyclic) bond motifs is 1. The molecule has 1 N–H and O–H groups in total. The Morgan fingerprint density at radius 3 is 2.54 bits per heavy atom. The van der Waals surface area contributed by atoms with E-state index in [0.29, 0.717) is 22.4 Å². The number of carbonyl (C=O) groups is 1. The molecule has 1 aromatic heterocycles. The fourth-order valence-electron chi connectivity index (χ4n) is 2.51. The Kier molecular flexibility index (Phi) is 4.87. The first-order chi connectivity index (χ1) is 12.2. The molecule has 134 valence electrons. The van der Waals surface area contributed by atoms with Crippen LogP contribution in [0.15, 0.2) is 62.2 Å². The Hall–Kier alpha value is -2.60. The minimum Gasteiger partial charge on any atom is -0.444 e. The topological polar surface area (TPSA) is 68.5 Å². The molecule has 0 bridgehead atoms.